The molecule has 94 valence electrons. The molecule has 0 bridgehead atoms. The lowest BCUT2D eigenvalue weighted by atomic mass is 10.2. The third-order valence-corrected chi connectivity index (χ3v) is 2.77. The maximum atomic E-state index is 5.80. The monoisotopic (exact) mass is 243 g/mol. The second-order valence-electron chi connectivity index (χ2n) is 3.91. The minimum atomic E-state index is 0.473. The molecule has 0 aliphatic carbocycles. The van der Waals surface area contributed by atoms with E-state index in [9.17, 15) is 0 Å². The van der Waals surface area contributed by atoms with E-state index in [0.717, 1.165) is 22.6 Å². The van der Waals surface area contributed by atoms with Crippen LogP contribution in [0.1, 0.15) is 11.1 Å². The smallest absolute Gasteiger partial charge is 0.125 e. The molecule has 0 spiro atoms. The first-order chi connectivity index (χ1) is 8.85. The van der Waals surface area contributed by atoms with E-state index in [2.05, 4.69) is 0 Å². The highest BCUT2D eigenvalue weighted by Crippen LogP contribution is 2.22. The van der Waals surface area contributed by atoms with Crippen molar-refractivity contribution in [1.82, 2.24) is 0 Å². The molecule has 2 aromatic rings. The van der Waals surface area contributed by atoms with E-state index in [1.54, 1.807) is 7.11 Å². The first kappa shape index (κ1) is 12.5. The molecule has 2 N–H and O–H groups in total. The molecule has 0 heterocycles. The summed E-state index contributed by atoms with van der Waals surface area (Å²) >= 11 is 0. The van der Waals surface area contributed by atoms with E-state index in [1.807, 2.05) is 48.5 Å². The number of methoxy groups -OCH3 is 1. The summed E-state index contributed by atoms with van der Waals surface area (Å²) in [6.07, 6.45) is 0. The second-order valence-corrected chi connectivity index (χ2v) is 3.91. The van der Waals surface area contributed by atoms with E-state index in [0.29, 0.717) is 13.2 Å². The summed E-state index contributed by atoms with van der Waals surface area (Å²) < 4.78 is 11.1. The average Bonchev–Trinajstić information content (AvgIpc) is 2.45. The molecule has 2 aromatic carbocycles. The van der Waals surface area contributed by atoms with Crippen LogP contribution in [-0.4, -0.2) is 7.11 Å². The van der Waals surface area contributed by atoms with Crippen LogP contribution in [0.15, 0.2) is 48.5 Å². The van der Waals surface area contributed by atoms with E-state index in [-0.39, 0.29) is 0 Å². The fourth-order valence-corrected chi connectivity index (χ4v) is 1.79. The molecule has 18 heavy (non-hydrogen) atoms. The van der Waals surface area contributed by atoms with Crippen LogP contribution in [0.25, 0.3) is 0 Å². The van der Waals surface area contributed by atoms with Gasteiger partial charge in [0.25, 0.3) is 0 Å². The Labute approximate surface area is 107 Å². The molecule has 0 radical (unpaired) electrons. The molecule has 2 rings (SSSR count). The molecular formula is C15H17NO2. The van der Waals surface area contributed by atoms with Gasteiger partial charge in [0.1, 0.15) is 18.1 Å². The molecule has 3 heteroatoms. The van der Waals surface area contributed by atoms with Crippen LogP contribution in [0.2, 0.25) is 0 Å². The number of hydrogen-bond acceptors (Lipinski definition) is 3. The van der Waals surface area contributed by atoms with Gasteiger partial charge in [0, 0.05) is 17.7 Å². The highest BCUT2D eigenvalue weighted by Gasteiger charge is 2.04. The van der Waals surface area contributed by atoms with Gasteiger partial charge in [0.05, 0.1) is 7.11 Å². The Morgan fingerprint density at radius 2 is 1.50 bits per heavy atom. The van der Waals surface area contributed by atoms with Gasteiger partial charge in [-0.1, -0.05) is 36.4 Å². The molecule has 0 saturated heterocycles. The van der Waals surface area contributed by atoms with Crippen LogP contribution in [0, 0.1) is 0 Å². The van der Waals surface area contributed by atoms with Gasteiger partial charge in [-0.2, -0.15) is 0 Å². The largest absolute Gasteiger partial charge is 0.496 e. The minimum absolute atomic E-state index is 0.473. The quantitative estimate of drug-likeness (QED) is 0.878. The summed E-state index contributed by atoms with van der Waals surface area (Å²) in [6, 6.07) is 15.6. The summed E-state index contributed by atoms with van der Waals surface area (Å²) in [6.45, 7) is 0.948. The van der Waals surface area contributed by atoms with Crippen molar-refractivity contribution in [2.75, 3.05) is 7.11 Å². The maximum absolute atomic E-state index is 5.80. The summed E-state index contributed by atoms with van der Waals surface area (Å²) in [4.78, 5) is 0. The van der Waals surface area contributed by atoms with Crippen molar-refractivity contribution in [3.63, 3.8) is 0 Å². The van der Waals surface area contributed by atoms with Crippen molar-refractivity contribution >= 4 is 0 Å². The van der Waals surface area contributed by atoms with Gasteiger partial charge >= 0.3 is 0 Å². The Bertz CT molecular complexity index is 464. The van der Waals surface area contributed by atoms with Gasteiger partial charge in [-0.25, -0.2) is 0 Å². The molecule has 0 amide bonds. The lowest BCUT2D eigenvalue weighted by molar-refractivity contribution is 0.294. The summed E-state index contributed by atoms with van der Waals surface area (Å²) in [5.74, 6) is 1.66. The van der Waals surface area contributed by atoms with Gasteiger partial charge in [0.2, 0.25) is 0 Å². The normalized spacial score (nSPS) is 10.1. The lowest BCUT2D eigenvalue weighted by Gasteiger charge is -2.12. The van der Waals surface area contributed by atoms with Crippen LogP contribution in [0.3, 0.4) is 0 Å². The maximum Gasteiger partial charge on any atom is 0.125 e. The molecule has 0 unspecified atom stereocenters. The molecule has 0 aliphatic rings. The molecule has 0 aromatic heterocycles. The summed E-state index contributed by atoms with van der Waals surface area (Å²) in [5.41, 5.74) is 7.70. The molecule has 0 fully saturated rings. The number of benzene rings is 2. The number of para-hydroxylation sites is 2. The van der Waals surface area contributed by atoms with E-state index >= 15 is 0 Å². The molecule has 0 saturated carbocycles. The third kappa shape index (κ3) is 2.81. The molecule has 0 aliphatic heterocycles. The van der Waals surface area contributed by atoms with Crippen molar-refractivity contribution in [2.24, 2.45) is 5.73 Å². The van der Waals surface area contributed by atoms with Crippen molar-refractivity contribution in [1.29, 1.82) is 0 Å². The Kier molecular flexibility index (Phi) is 4.20. The zero-order valence-electron chi connectivity index (χ0n) is 10.4. The predicted molar refractivity (Wildman–Crippen MR) is 71.7 cm³/mol. The van der Waals surface area contributed by atoms with Gasteiger partial charge in [0.15, 0.2) is 0 Å². The molecule has 3 nitrogen and oxygen atoms in total. The standard InChI is InChI=1S/C15H17NO2/c1-17-14-8-4-3-7-13(14)11-18-15-9-5-2-6-12(15)10-16/h2-9H,10-11,16H2,1H3. The SMILES string of the molecule is COc1ccccc1COc1ccccc1CN. The Morgan fingerprint density at radius 1 is 0.889 bits per heavy atom. The molecular weight excluding hydrogens is 226 g/mol. The summed E-state index contributed by atoms with van der Waals surface area (Å²) in [5, 5.41) is 0. The zero-order chi connectivity index (χ0) is 12.8. The van der Waals surface area contributed by atoms with Crippen molar-refractivity contribution in [3.05, 3.63) is 59.7 Å². The highest BCUT2D eigenvalue weighted by molar-refractivity contribution is 5.35. The first-order valence-corrected chi connectivity index (χ1v) is 5.88. The van der Waals surface area contributed by atoms with Crippen LogP contribution in [0.4, 0.5) is 0 Å². The lowest BCUT2D eigenvalue weighted by Crippen LogP contribution is -2.03. The third-order valence-electron chi connectivity index (χ3n) is 2.77. The Balaban J connectivity index is 2.11. The van der Waals surface area contributed by atoms with Crippen molar-refractivity contribution < 1.29 is 9.47 Å². The predicted octanol–water partition coefficient (Wildman–Crippen LogP) is 2.73. The topological polar surface area (TPSA) is 44.5 Å². The van der Waals surface area contributed by atoms with Gasteiger partial charge in [-0.05, 0) is 12.1 Å². The van der Waals surface area contributed by atoms with E-state index in [1.165, 1.54) is 0 Å². The zero-order valence-corrected chi connectivity index (χ0v) is 10.4. The van der Waals surface area contributed by atoms with Gasteiger partial charge in [-0.15, -0.1) is 0 Å². The van der Waals surface area contributed by atoms with Gasteiger partial charge < -0.3 is 15.2 Å². The second kappa shape index (κ2) is 6.07. The number of nitrogens with two attached hydrogens (primary N) is 1. The van der Waals surface area contributed by atoms with Crippen LogP contribution in [0.5, 0.6) is 11.5 Å². The van der Waals surface area contributed by atoms with Crippen molar-refractivity contribution in [2.45, 2.75) is 13.2 Å². The molecule has 0 atom stereocenters. The van der Waals surface area contributed by atoms with E-state index < -0.39 is 0 Å². The Morgan fingerprint density at radius 3 is 2.17 bits per heavy atom. The van der Waals surface area contributed by atoms with Crippen molar-refractivity contribution in [3.8, 4) is 11.5 Å². The van der Waals surface area contributed by atoms with E-state index in [4.69, 9.17) is 15.2 Å². The number of hydrogen-bond donors (Lipinski definition) is 1. The Hall–Kier alpha value is -2.00. The number of ether oxygens (including phenoxy) is 2. The van der Waals surface area contributed by atoms with Crippen LogP contribution < -0.4 is 15.2 Å². The van der Waals surface area contributed by atoms with Crippen LogP contribution >= 0.6 is 0 Å². The minimum Gasteiger partial charge on any atom is -0.496 e. The highest BCUT2D eigenvalue weighted by atomic mass is 16.5. The first-order valence-electron chi connectivity index (χ1n) is 5.88. The fraction of sp³-hybridized carbons (Fsp3) is 0.200. The van der Waals surface area contributed by atoms with Crippen LogP contribution in [-0.2, 0) is 13.2 Å². The summed E-state index contributed by atoms with van der Waals surface area (Å²) in [7, 11) is 1.66. The van der Waals surface area contributed by atoms with Gasteiger partial charge in [-0.3, -0.25) is 0 Å². The number of rotatable bonds is 5. The fourth-order valence-electron chi connectivity index (χ4n) is 1.79. The average molecular weight is 243 g/mol.